The van der Waals surface area contributed by atoms with E-state index in [2.05, 4.69) is 5.16 Å². The molecule has 0 spiro atoms. The minimum atomic E-state index is -2.00. The second-order valence-corrected chi connectivity index (χ2v) is 14.6. The number of nitrogens with zero attached hydrogens (tertiary/aromatic N) is 4. The Morgan fingerprint density at radius 3 is 2.50 bits per heavy atom. The van der Waals surface area contributed by atoms with E-state index < -0.39 is 45.9 Å². The topological polar surface area (TPSA) is 188 Å². The lowest BCUT2D eigenvalue weighted by atomic mass is 9.85. The highest BCUT2D eigenvalue weighted by Gasteiger charge is 2.51. The Balaban J connectivity index is 1.09. The minimum Gasteiger partial charge on any atom is -0.457 e. The average molecular weight is 759 g/mol. The van der Waals surface area contributed by atoms with Gasteiger partial charge < -0.3 is 28.4 Å². The van der Waals surface area contributed by atoms with Gasteiger partial charge in [-0.3, -0.25) is 14.9 Å². The summed E-state index contributed by atoms with van der Waals surface area (Å²) in [5.74, 6) is -1.55. The number of carbonyl (C=O) groups is 3. The summed E-state index contributed by atoms with van der Waals surface area (Å²) >= 11 is 0. The summed E-state index contributed by atoms with van der Waals surface area (Å²) in [6.07, 6.45) is -2.27. The zero-order chi connectivity index (χ0) is 39.7. The van der Waals surface area contributed by atoms with E-state index in [1.807, 2.05) is 18.2 Å². The van der Waals surface area contributed by atoms with Crippen LogP contribution in [-0.2, 0) is 47.4 Å². The molecule has 0 saturated carbocycles. The van der Waals surface area contributed by atoms with Crippen LogP contribution >= 0.6 is 0 Å². The van der Waals surface area contributed by atoms with E-state index in [4.69, 9.17) is 28.8 Å². The Morgan fingerprint density at radius 2 is 1.77 bits per heavy atom. The van der Waals surface area contributed by atoms with E-state index in [0.717, 1.165) is 11.1 Å². The van der Waals surface area contributed by atoms with Crippen molar-refractivity contribution in [3.05, 3.63) is 121 Å². The average Bonchev–Trinajstić information content (AvgIpc) is 3.67. The third-order valence-electron chi connectivity index (χ3n) is 9.89. The molecule has 2 aromatic heterocycles. The zero-order valence-corrected chi connectivity index (χ0v) is 30.9. The van der Waals surface area contributed by atoms with Gasteiger partial charge in [-0.1, -0.05) is 36.3 Å². The molecule has 5 aromatic rings. The lowest BCUT2D eigenvalue weighted by Crippen LogP contribution is -2.48. The van der Waals surface area contributed by atoms with E-state index in [1.54, 1.807) is 70.2 Å². The number of hydrogen-bond donors (Lipinski definition) is 0. The van der Waals surface area contributed by atoms with Crippen LogP contribution in [0.1, 0.15) is 68.9 Å². The first kappa shape index (κ1) is 36.1. The Kier molecular flexibility index (Phi) is 8.47. The molecule has 3 aliphatic rings. The van der Waals surface area contributed by atoms with Gasteiger partial charge in [-0.2, -0.15) is 0 Å². The van der Waals surface area contributed by atoms with Gasteiger partial charge >= 0.3 is 18.1 Å². The summed E-state index contributed by atoms with van der Waals surface area (Å²) in [5, 5.41) is 16.5. The molecule has 284 valence electrons. The molecule has 2 atom stereocenters. The second-order valence-electron chi connectivity index (χ2n) is 14.6. The molecule has 1 unspecified atom stereocenters. The van der Waals surface area contributed by atoms with E-state index in [0.29, 0.717) is 44.7 Å². The van der Waals surface area contributed by atoms with Crippen molar-refractivity contribution in [3.8, 4) is 28.3 Å². The van der Waals surface area contributed by atoms with Crippen molar-refractivity contribution in [1.82, 2.24) is 9.55 Å². The molecular weight excluding hydrogens is 724 g/mol. The molecule has 0 N–H and O–H groups in total. The summed E-state index contributed by atoms with van der Waals surface area (Å²) in [7, 11) is 0. The van der Waals surface area contributed by atoms with Crippen LogP contribution in [0.25, 0.3) is 33.4 Å². The highest BCUT2D eigenvalue weighted by Crippen LogP contribution is 2.42. The summed E-state index contributed by atoms with van der Waals surface area (Å²) in [6.45, 7) is 8.07. The number of rotatable bonds is 7. The Labute approximate surface area is 318 Å². The Bertz CT molecular complexity index is 2640. The quantitative estimate of drug-likeness (QED) is 0.0552. The molecule has 1 aliphatic carbocycles. The van der Waals surface area contributed by atoms with E-state index in [1.165, 1.54) is 23.6 Å². The second kappa shape index (κ2) is 13.1. The normalized spacial score (nSPS) is 17.5. The lowest BCUT2D eigenvalue weighted by Gasteiger charge is -2.36. The van der Waals surface area contributed by atoms with Gasteiger partial charge in [0.25, 0.3) is 11.2 Å². The summed E-state index contributed by atoms with van der Waals surface area (Å²) in [6, 6.07) is 20.1. The van der Waals surface area contributed by atoms with E-state index >= 15 is 0 Å². The SMILES string of the molecule is CC[C@@]1(OC(=O)C(C)ON=C2c3ccccc3-c3ccc([N+](=O)[O-])cc32)C(=O)OCc2c1cc1n(c2=O)Cc2cc3cc(OC(=O)OC(C)(C)C)ccc3nc2-1. The van der Waals surface area contributed by atoms with Gasteiger partial charge in [-0.05, 0) is 81.6 Å². The molecule has 0 amide bonds. The number of oxime groups is 1. The summed E-state index contributed by atoms with van der Waals surface area (Å²) < 4.78 is 23.6. The number of cyclic esters (lactones) is 1. The summed E-state index contributed by atoms with van der Waals surface area (Å²) in [4.78, 5) is 75.2. The monoisotopic (exact) mass is 758 g/mol. The maximum atomic E-state index is 14.1. The minimum absolute atomic E-state index is 0.0719. The van der Waals surface area contributed by atoms with Crippen LogP contribution in [0.2, 0.25) is 0 Å². The standard InChI is InChI=1S/C41H34N4O11/c1-6-41(54-37(47)21(2)56-43-35-28-10-8-7-9-26(28)27-13-11-24(45(50)51)17-29(27)35)31-18-33-34-23(19-44(33)36(46)30(31)20-52-38(41)48)15-22-16-25(12-14-32(22)42-34)53-39(49)55-40(3,4)5/h7-18,21H,6,19-20H2,1-5H3/t21?,41-/m0/s1. The number of ether oxygens (including phenoxy) is 4. The number of nitro groups is 1. The molecule has 0 radical (unpaired) electrons. The molecule has 8 rings (SSSR count). The lowest BCUT2D eigenvalue weighted by molar-refractivity contribution is -0.384. The van der Waals surface area contributed by atoms with Crippen molar-refractivity contribution in [2.45, 2.75) is 71.5 Å². The van der Waals surface area contributed by atoms with Crippen molar-refractivity contribution < 1.29 is 43.1 Å². The smallest absolute Gasteiger partial charge is 0.457 e. The van der Waals surface area contributed by atoms with Crippen LogP contribution in [0, 0.1) is 10.1 Å². The third-order valence-corrected chi connectivity index (χ3v) is 9.89. The highest BCUT2D eigenvalue weighted by molar-refractivity contribution is 6.24. The van der Waals surface area contributed by atoms with Gasteiger partial charge in [0.2, 0.25) is 11.7 Å². The first-order valence-electron chi connectivity index (χ1n) is 17.8. The van der Waals surface area contributed by atoms with Crippen LogP contribution in [0.3, 0.4) is 0 Å². The third kappa shape index (κ3) is 6.01. The maximum absolute atomic E-state index is 14.1. The molecule has 15 nitrogen and oxygen atoms in total. The Morgan fingerprint density at radius 1 is 1.02 bits per heavy atom. The molecule has 2 aliphatic heterocycles. The zero-order valence-electron chi connectivity index (χ0n) is 30.9. The number of nitro benzene ring substituents is 1. The molecular formula is C41H34N4O11. The fourth-order valence-electron chi connectivity index (χ4n) is 7.23. The first-order valence-corrected chi connectivity index (χ1v) is 17.8. The fraction of sp³-hybridized carbons (Fsp3) is 0.268. The Hall–Kier alpha value is -6.90. The molecule has 3 aromatic carbocycles. The predicted octanol–water partition coefficient (Wildman–Crippen LogP) is 6.69. The summed E-state index contributed by atoms with van der Waals surface area (Å²) in [5.41, 5.74) is 2.15. The van der Waals surface area contributed by atoms with Gasteiger partial charge in [0, 0.05) is 39.8 Å². The van der Waals surface area contributed by atoms with Gasteiger partial charge in [0.1, 0.15) is 23.7 Å². The van der Waals surface area contributed by atoms with E-state index in [-0.39, 0.29) is 42.1 Å². The van der Waals surface area contributed by atoms with Gasteiger partial charge in [-0.25, -0.2) is 19.4 Å². The van der Waals surface area contributed by atoms with Crippen molar-refractivity contribution in [1.29, 1.82) is 0 Å². The van der Waals surface area contributed by atoms with Gasteiger partial charge in [-0.15, -0.1) is 0 Å². The number of aromatic nitrogens is 2. The number of esters is 2. The predicted molar refractivity (Wildman–Crippen MR) is 200 cm³/mol. The molecule has 0 fully saturated rings. The van der Waals surface area contributed by atoms with Crippen LogP contribution in [-0.4, -0.2) is 50.0 Å². The van der Waals surface area contributed by atoms with Crippen molar-refractivity contribution in [2.75, 3.05) is 0 Å². The number of fused-ring (bicyclic) bond motifs is 8. The maximum Gasteiger partial charge on any atom is 0.514 e. The van der Waals surface area contributed by atoms with Crippen LogP contribution in [0.5, 0.6) is 5.75 Å². The molecule has 56 heavy (non-hydrogen) atoms. The van der Waals surface area contributed by atoms with Crippen LogP contribution in [0.4, 0.5) is 10.5 Å². The highest BCUT2D eigenvalue weighted by atomic mass is 16.7. The number of hydrogen-bond acceptors (Lipinski definition) is 13. The van der Waals surface area contributed by atoms with Crippen molar-refractivity contribution in [2.24, 2.45) is 5.16 Å². The van der Waals surface area contributed by atoms with Crippen molar-refractivity contribution in [3.63, 3.8) is 0 Å². The number of pyridine rings is 2. The fourth-order valence-corrected chi connectivity index (χ4v) is 7.23. The van der Waals surface area contributed by atoms with Gasteiger partial charge in [0.15, 0.2) is 0 Å². The van der Waals surface area contributed by atoms with Crippen LogP contribution in [0.15, 0.2) is 82.7 Å². The number of carbonyl (C=O) groups excluding carboxylic acids is 3. The van der Waals surface area contributed by atoms with E-state index in [9.17, 15) is 29.3 Å². The largest absolute Gasteiger partial charge is 0.514 e. The molecule has 0 bridgehead atoms. The molecule has 4 heterocycles. The van der Waals surface area contributed by atoms with Crippen molar-refractivity contribution >= 4 is 40.4 Å². The molecule has 0 saturated heterocycles. The number of benzene rings is 3. The first-order chi connectivity index (χ1) is 26.7. The number of non-ortho nitro benzene ring substituents is 1. The van der Waals surface area contributed by atoms with Gasteiger partial charge in [0.05, 0.1) is 33.9 Å². The van der Waals surface area contributed by atoms with Crippen LogP contribution < -0.4 is 10.3 Å². The molecule has 15 heteroatoms.